The zero-order chi connectivity index (χ0) is 22.8. The first-order chi connectivity index (χ1) is 15.5. The molecule has 0 aliphatic carbocycles. The number of anilines is 1. The van der Waals surface area contributed by atoms with Crippen LogP contribution < -0.4 is 4.90 Å². The lowest BCUT2D eigenvalue weighted by Crippen LogP contribution is -2.50. The van der Waals surface area contributed by atoms with Crippen molar-refractivity contribution < 1.29 is 19.1 Å². The maximum atomic E-state index is 13.7. The summed E-state index contributed by atoms with van der Waals surface area (Å²) in [7, 11) is 1.60. The number of esters is 1. The molecule has 1 amide bonds. The summed E-state index contributed by atoms with van der Waals surface area (Å²) < 4.78 is 12.4. The minimum Gasteiger partial charge on any atom is -0.465 e. The van der Waals surface area contributed by atoms with Gasteiger partial charge in [0, 0.05) is 30.3 Å². The van der Waals surface area contributed by atoms with Crippen molar-refractivity contribution in [2.24, 2.45) is 5.92 Å². The fraction of sp³-hybridized carbons (Fsp3) is 0.348. The Morgan fingerprint density at radius 1 is 1.19 bits per heavy atom. The average Bonchev–Trinajstić information content (AvgIpc) is 3.14. The molecule has 0 radical (unpaired) electrons. The van der Waals surface area contributed by atoms with Crippen molar-refractivity contribution in [3.05, 3.63) is 58.1 Å². The maximum absolute atomic E-state index is 13.7. The van der Waals surface area contributed by atoms with E-state index < -0.39 is 17.9 Å². The Morgan fingerprint density at radius 2 is 1.97 bits per heavy atom. The summed E-state index contributed by atoms with van der Waals surface area (Å²) in [5.41, 5.74) is 2.10. The molecule has 1 aliphatic rings. The molecule has 7 nitrogen and oxygen atoms in total. The van der Waals surface area contributed by atoms with E-state index in [4.69, 9.17) is 37.7 Å². The number of benzene rings is 2. The first kappa shape index (κ1) is 22.6. The third-order valence-corrected chi connectivity index (χ3v) is 6.06. The molecule has 0 spiro atoms. The van der Waals surface area contributed by atoms with Crippen LogP contribution in [0.1, 0.15) is 24.9 Å². The minimum absolute atomic E-state index is 0.158. The van der Waals surface area contributed by atoms with Gasteiger partial charge in [-0.25, -0.2) is 4.98 Å². The molecular formula is C23H23Cl2N3O4. The van der Waals surface area contributed by atoms with Crippen LogP contribution in [0.5, 0.6) is 0 Å². The quantitative estimate of drug-likeness (QED) is 0.285. The van der Waals surface area contributed by atoms with E-state index in [1.54, 1.807) is 37.1 Å². The Bertz CT molecular complexity index is 1160. The molecule has 2 atom stereocenters. The Kier molecular flexibility index (Phi) is 6.69. The number of methoxy groups -OCH3 is 1. The number of nitrogens with zero attached hydrogens (tertiary/aromatic N) is 3. The molecule has 0 saturated carbocycles. The molecule has 2 heterocycles. The van der Waals surface area contributed by atoms with Gasteiger partial charge in [0.15, 0.2) is 5.92 Å². The number of amides is 1. The highest BCUT2D eigenvalue weighted by Crippen LogP contribution is 2.43. The Labute approximate surface area is 195 Å². The van der Waals surface area contributed by atoms with Crippen molar-refractivity contribution in [3.8, 4) is 0 Å². The van der Waals surface area contributed by atoms with E-state index in [0.29, 0.717) is 46.6 Å². The lowest BCUT2D eigenvalue weighted by atomic mass is 9.89. The number of carbonyl (C=O) groups excluding carboxylic acids is 2. The predicted molar refractivity (Wildman–Crippen MR) is 123 cm³/mol. The Balaban J connectivity index is 1.97. The maximum Gasteiger partial charge on any atom is 0.321 e. The number of carbonyl (C=O) groups is 2. The van der Waals surface area contributed by atoms with E-state index in [1.807, 2.05) is 28.8 Å². The molecule has 0 unspecified atom stereocenters. The van der Waals surface area contributed by atoms with Crippen molar-refractivity contribution in [1.82, 2.24) is 9.55 Å². The molecule has 1 aromatic heterocycles. The molecular weight excluding hydrogens is 453 g/mol. The predicted octanol–water partition coefficient (Wildman–Crippen LogP) is 4.49. The van der Waals surface area contributed by atoms with Gasteiger partial charge >= 0.3 is 5.97 Å². The lowest BCUT2D eigenvalue weighted by molar-refractivity contribution is -0.153. The molecule has 1 aliphatic heterocycles. The van der Waals surface area contributed by atoms with Crippen LogP contribution in [0.25, 0.3) is 11.0 Å². The van der Waals surface area contributed by atoms with Gasteiger partial charge in [-0.05, 0) is 43.2 Å². The molecule has 0 N–H and O–H groups in total. The molecule has 0 saturated heterocycles. The second-order valence-corrected chi connectivity index (χ2v) is 8.29. The SMILES string of the molecule is CCOC(=O)[C@H]1C(=O)N(CCCOC)c2nc3ccccc3n2[C@@H]1c1ccc(Cl)cc1Cl. The lowest BCUT2D eigenvalue weighted by Gasteiger charge is -2.38. The summed E-state index contributed by atoms with van der Waals surface area (Å²) in [5.74, 6) is -1.64. The van der Waals surface area contributed by atoms with Crippen LogP contribution in [-0.2, 0) is 19.1 Å². The first-order valence-corrected chi connectivity index (χ1v) is 11.1. The van der Waals surface area contributed by atoms with Crippen molar-refractivity contribution in [2.75, 3.05) is 31.8 Å². The van der Waals surface area contributed by atoms with Crippen LogP contribution in [0.15, 0.2) is 42.5 Å². The van der Waals surface area contributed by atoms with Crippen molar-refractivity contribution in [3.63, 3.8) is 0 Å². The minimum atomic E-state index is -1.12. The topological polar surface area (TPSA) is 73.7 Å². The molecule has 168 valence electrons. The molecule has 3 aromatic rings. The van der Waals surface area contributed by atoms with E-state index in [1.165, 1.54) is 0 Å². The average molecular weight is 476 g/mol. The summed E-state index contributed by atoms with van der Waals surface area (Å²) in [4.78, 5) is 33.1. The molecule has 0 bridgehead atoms. The molecule has 32 heavy (non-hydrogen) atoms. The Hall–Kier alpha value is -2.61. The van der Waals surface area contributed by atoms with Crippen molar-refractivity contribution >= 4 is 52.1 Å². The second-order valence-electron chi connectivity index (χ2n) is 7.45. The number of halogens is 2. The number of hydrogen-bond acceptors (Lipinski definition) is 5. The van der Waals surface area contributed by atoms with E-state index in [-0.39, 0.29) is 12.5 Å². The zero-order valence-electron chi connectivity index (χ0n) is 17.8. The fourth-order valence-electron chi connectivity index (χ4n) is 4.15. The van der Waals surface area contributed by atoms with Crippen LogP contribution in [0, 0.1) is 5.92 Å². The van der Waals surface area contributed by atoms with Crippen molar-refractivity contribution in [2.45, 2.75) is 19.4 Å². The van der Waals surface area contributed by atoms with E-state index in [9.17, 15) is 9.59 Å². The van der Waals surface area contributed by atoms with Crippen molar-refractivity contribution in [1.29, 1.82) is 0 Å². The van der Waals surface area contributed by atoms with Gasteiger partial charge in [0.1, 0.15) is 0 Å². The summed E-state index contributed by atoms with van der Waals surface area (Å²) in [6.45, 7) is 2.70. The van der Waals surface area contributed by atoms with Gasteiger partial charge in [0.25, 0.3) is 0 Å². The Morgan fingerprint density at radius 3 is 2.69 bits per heavy atom. The van der Waals surface area contributed by atoms with Gasteiger partial charge in [-0.1, -0.05) is 41.4 Å². The molecule has 0 fully saturated rings. The van der Waals surface area contributed by atoms with Crippen LogP contribution in [-0.4, -0.2) is 48.3 Å². The first-order valence-electron chi connectivity index (χ1n) is 10.4. The number of rotatable bonds is 7. The van der Waals surface area contributed by atoms with Crippen LogP contribution in [0.3, 0.4) is 0 Å². The van der Waals surface area contributed by atoms with Crippen LogP contribution in [0.4, 0.5) is 5.95 Å². The van der Waals surface area contributed by atoms with Gasteiger partial charge in [-0.2, -0.15) is 0 Å². The number of para-hydroxylation sites is 2. The highest BCUT2D eigenvalue weighted by molar-refractivity contribution is 6.35. The monoisotopic (exact) mass is 475 g/mol. The second kappa shape index (κ2) is 9.48. The fourth-order valence-corrected chi connectivity index (χ4v) is 4.67. The molecule has 9 heteroatoms. The summed E-state index contributed by atoms with van der Waals surface area (Å²) >= 11 is 12.7. The summed E-state index contributed by atoms with van der Waals surface area (Å²) in [5, 5.41) is 0.826. The van der Waals surface area contributed by atoms with Crippen LogP contribution in [0.2, 0.25) is 10.0 Å². The highest BCUT2D eigenvalue weighted by Gasteiger charge is 2.48. The zero-order valence-corrected chi connectivity index (χ0v) is 19.3. The normalized spacial score (nSPS) is 18.1. The standard InChI is InChI=1S/C23H23Cl2N3O4/c1-3-32-22(30)19-20(15-10-9-14(24)13-16(15)25)28-18-8-5-4-7-17(18)26-23(28)27(21(19)29)11-6-12-31-2/h4-5,7-10,13,19-20H,3,6,11-12H2,1-2H3/t19-,20-/m1/s1. The number of hydrogen-bond donors (Lipinski definition) is 0. The molecule has 2 aromatic carbocycles. The van der Waals surface area contributed by atoms with Gasteiger partial charge in [-0.15, -0.1) is 0 Å². The third-order valence-electron chi connectivity index (χ3n) is 5.50. The largest absolute Gasteiger partial charge is 0.465 e. The smallest absolute Gasteiger partial charge is 0.321 e. The van der Waals surface area contributed by atoms with E-state index in [2.05, 4.69) is 0 Å². The van der Waals surface area contributed by atoms with Gasteiger partial charge in [0.2, 0.25) is 11.9 Å². The molecule has 4 rings (SSSR count). The number of fused-ring (bicyclic) bond motifs is 3. The number of aromatic nitrogens is 2. The van der Waals surface area contributed by atoms with E-state index in [0.717, 1.165) is 5.52 Å². The van der Waals surface area contributed by atoms with Gasteiger partial charge in [-0.3, -0.25) is 14.5 Å². The van der Waals surface area contributed by atoms with Crippen LogP contribution >= 0.6 is 23.2 Å². The van der Waals surface area contributed by atoms with E-state index >= 15 is 0 Å². The number of ether oxygens (including phenoxy) is 2. The highest BCUT2D eigenvalue weighted by atomic mass is 35.5. The summed E-state index contributed by atoms with van der Waals surface area (Å²) in [6.07, 6.45) is 0.591. The third kappa shape index (κ3) is 3.96. The van der Waals surface area contributed by atoms with Gasteiger partial charge < -0.3 is 14.0 Å². The number of imidazole rings is 1. The summed E-state index contributed by atoms with van der Waals surface area (Å²) in [6, 6.07) is 11.9. The van der Waals surface area contributed by atoms with Gasteiger partial charge in [0.05, 0.1) is 23.7 Å².